The van der Waals surface area contributed by atoms with E-state index in [0.29, 0.717) is 5.69 Å². The van der Waals surface area contributed by atoms with Crippen molar-refractivity contribution in [2.45, 2.75) is 36.3 Å². The van der Waals surface area contributed by atoms with Crippen molar-refractivity contribution >= 4 is 23.3 Å². The van der Waals surface area contributed by atoms with Gasteiger partial charge in [-0.2, -0.15) is 0 Å². The molecule has 2 fully saturated rings. The van der Waals surface area contributed by atoms with Crippen LogP contribution in [-0.2, 0) is 11.2 Å². The van der Waals surface area contributed by atoms with E-state index in [4.69, 9.17) is 5.73 Å². The topological polar surface area (TPSA) is 91.2 Å². The Morgan fingerprint density at radius 3 is 3.12 bits per heavy atom. The first-order valence-corrected chi connectivity index (χ1v) is 9.69. The summed E-state index contributed by atoms with van der Waals surface area (Å²) in [6.45, 7) is 0.805. The fraction of sp³-hybridized carbons (Fsp3) is 0.444. The molecule has 5 atom stereocenters. The first kappa shape index (κ1) is 13.4. The minimum atomic E-state index is -0.338. The number of nitrogens with zero attached hydrogens (tertiary/aromatic N) is 1. The molecule has 126 valence electrons. The van der Waals surface area contributed by atoms with E-state index < -0.39 is 0 Å². The lowest BCUT2D eigenvalue weighted by molar-refractivity contribution is -0.125. The second-order valence-corrected chi connectivity index (χ2v) is 9.16. The highest BCUT2D eigenvalue weighted by Crippen LogP contribution is 2.68. The highest BCUT2D eigenvalue weighted by Gasteiger charge is 2.68. The van der Waals surface area contributed by atoms with Gasteiger partial charge in [-0.25, -0.2) is 0 Å². The fourth-order valence-corrected chi connectivity index (χ4v) is 7.74. The van der Waals surface area contributed by atoms with Gasteiger partial charge in [-0.3, -0.25) is 14.5 Å². The highest BCUT2D eigenvalue weighted by molar-refractivity contribution is 8.04. The van der Waals surface area contributed by atoms with Crippen LogP contribution in [0.25, 0.3) is 0 Å². The predicted molar refractivity (Wildman–Crippen MR) is 91.7 cm³/mol. The lowest BCUT2D eigenvalue weighted by Crippen LogP contribution is -2.70. The smallest absolute Gasteiger partial charge is 0.225 e. The Morgan fingerprint density at radius 2 is 2.24 bits per heavy atom. The molecular formula is C18H16N4O2S. The van der Waals surface area contributed by atoms with Crippen LogP contribution in [0.5, 0.6) is 0 Å². The van der Waals surface area contributed by atoms with Crippen molar-refractivity contribution in [2.75, 3.05) is 6.54 Å². The van der Waals surface area contributed by atoms with E-state index in [1.165, 1.54) is 5.56 Å². The van der Waals surface area contributed by atoms with Crippen molar-refractivity contribution in [3.63, 3.8) is 0 Å². The highest BCUT2D eigenvalue weighted by atomic mass is 32.2. The van der Waals surface area contributed by atoms with E-state index in [0.717, 1.165) is 41.1 Å². The summed E-state index contributed by atoms with van der Waals surface area (Å²) in [6.07, 6.45) is 5.52. The number of carbonyl (C=O) groups excluding carboxylic acids is 2. The second kappa shape index (κ2) is 3.79. The molecule has 3 bridgehead atoms. The van der Waals surface area contributed by atoms with Crippen LogP contribution >= 0.6 is 11.8 Å². The summed E-state index contributed by atoms with van der Waals surface area (Å²) < 4.78 is 0. The number of carbonyl (C=O) groups is 2. The molecule has 0 radical (unpaired) electrons. The molecule has 6 nitrogen and oxygen atoms in total. The van der Waals surface area contributed by atoms with E-state index in [1.807, 2.05) is 12.3 Å². The predicted octanol–water partition coefficient (Wildman–Crippen LogP) is 0.593. The number of piperidine rings is 1. The van der Waals surface area contributed by atoms with Crippen LogP contribution in [0.1, 0.15) is 34.1 Å². The van der Waals surface area contributed by atoms with E-state index in [-0.39, 0.29) is 40.5 Å². The van der Waals surface area contributed by atoms with Gasteiger partial charge in [0.05, 0.1) is 28.8 Å². The van der Waals surface area contributed by atoms with E-state index >= 15 is 0 Å². The van der Waals surface area contributed by atoms with Crippen LogP contribution in [0, 0.1) is 5.41 Å². The molecule has 5 unspecified atom stereocenters. The Balaban J connectivity index is 1.65. The zero-order chi connectivity index (χ0) is 16.7. The van der Waals surface area contributed by atoms with Gasteiger partial charge >= 0.3 is 0 Å². The Labute approximate surface area is 147 Å². The normalized spacial score (nSPS) is 42.5. The number of H-pyrrole nitrogens is 1. The second-order valence-electron chi connectivity index (χ2n) is 7.92. The summed E-state index contributed by atoms with van der Waals surface area (Å²) in [5.41, 5.74) is 11.3. The van der Waals surface area contributed by atoms with Gasteiger partial charge < -0.3 is 16.0 Å². The number of nitrogens with one attached hydrogen (secondary N) is 2. The number of ketones is 2. The summed E-state index contributed by atoms with van der Waals surface area (Å²) in [5, 5.41) is 3.59. The molecule has 25 heavy (non-hydrogen) atoms. The number of aromatic nitrogens is 1. The number of nitrogens with two attached hydrogens (primary N) is 1. The average Bonchev–Trinajstić information content (AvgIpc) is 3.13. The molecule has 7 rings (SSSR count). The van der Waals surface area contributed by atoms with Gasteiger partial charge in [0.2, 0.25) is 5.78 Å². The quantitative estimate of drug-likeness (QED) is 0.633. The molecule has 1 spiro atoms. The summed E-state index contributed by atoms with van der Waals surface area (Å²) in [4.78, 5) is 32.7. The van der Waals surface area contributed by atoms with Crippen LogP contribution in [0.4, 0.5) is 0 Å². The number of hydrogen-bond donors (Lipinski definition) is 3. The molecule has 4 aliphatic heterocycles. The number of rotatable bonds is 0. The Bertz CT molecular complexity index is 991. The number of aromatic amines is 1. The lowest BCUT2D eigenvalue weighted by atomic mass is 9.55. The van der Waals surface area contributed by atoms with Gasteiger partial charge in [0.15, 0.2) is 5.78 Å². The SMILES string of the molecule is NC1C2C(=O)C=C3SC4CC31C1=C(N4)C(=O)c3[nH]cc4c3C1N2CC4. The number of Topliss-reactive ketones (excluding diaryl/α,β-unsaturated/α-hetero) is 1. The average molecular weight is 352 g/mol. The monoisotopic (exact) mass is 352 g/mol. The molecule has 1 aromatic heterocycles. The van der Waals surface area contributed by atoms with Crippen molar-refractivity contribution in [3.05, 3.63) is 45.3 Å². The van der Waals surface area contributed by atoms with Crippen LogP contribution in [0.2, 0.25) is 0 Å². The van der Waals surface area contributed by atoms with Crippen molar-refractivity contribution in [3.8, 4) is 0 Å². The molecule has 0 aromatic carbocycles. The molecule has 6 aliphatic rings. The molecule has 1 aromatic rings. The number of fused-ring (bicyclic) bond motifs is 3. The maximum absolute atomic E-state index is 13.2. The fourth-order valence-electron chi connectivity index (χ4n) is 6.18. The van der Waals surface area contributed by atoms with Crippen molar-refractivity contribution < 1.29 is 9.59 Å². The van der Waals surface area contributed by atoms with Crippen LogP contribution in [0.3, 0.4) is 0 Å². The Hall–Kier alpha value is -1.83. The van der Waals surface area contributed by atoms with Gasteiger partial charge in [-0.15, -0.1) is 11.8 Å². The van der Waals surface area contributed by atoms with Gasteiger partial charge in [0, 0.05) is 34.7 Å². The van der Waals surface area contributed by atoms with Gasteiger partial charge in [0.1, 0.15) is 0 Å². The van der Waals surface area contributed by atoms with Crippen molar-refractivity contribution in [2.24, 2.45) is 11.1 Å². The van der Waals surface area contributed by atoms with Gasteiger partial charge in [0.25, 0.3) is 0 Å². The maximum Gasteiger partial charge on any atom is 0.225 e. The number of hydrogen-bond acceptors (Lipinski definition) is 6. The summed E-state index contributed by atoms with van der Waals surface area (Å²) in [6, 6.07) is -0.543. The van der Waals surface area contributed by atoms with Crippen molar-refractivity contribution in [1.29, 1.82) is 0 Å². The summed E-state index contributed by atoms with van der Waals surface area (Å²) in [7, 11) is 0. The Morgan fingerprint density at radius 1 is 1.36 bits per heavy atom. The largest absolute Gasteiger partial charge is 0.370 e. The first-order valence-electron chi connectivity index (χ1n) is 8.81. The van der Waals surface area contributed by atoms with E-state index in [9.17, 15) is 9.59 Å². The third kappa shape index (κ3) is 1.19. The standard InChI is InChI=1S/C18H16N4O2S/c19-17-14-7(23)3-8-18(17)4-9(25-8)21-13-11(18)15-10-6(1-2-22(14)15)5-20-12(10)16(13)24/h3,5,9,14-15,17,20-21H,1-2,4,19H2. The lowest BCUT2D eigenvalue weighted by Gasteiger charge is -2.60. The molecule has 2 saturated heterocycles. The molecule has 2 aliphatic carbocycles. The first-order chi connectivity index (χ1) is 12.1. The molecule has 7 heteroatoms. The molecular weight excluding hydrogens is 336 g/mol. The minimum Gasteiger partial charge on any atom is -0.370 e. The molecule has 4 N–H and O–H groups in total. The van der Waals surface area contributed by atoms with E-state index in [1.54, 1.807) is 11.8 Å². The van der Waals surface area contributed by atoms with E-state index in [2.05, 4.69) is 15.2 Å². The third-order valence-corrected chi connectivity index (χ3v) is 8.39. The molecule has 0 saturated carbocycles. The molecule has 5 heterocycles. The summed E-state index contributed by atoms with van der Waals surface area (Å²) in [5.74, 6) is 0.189. The zero-order valence-electron chi connectivity index (χ0n) is 13.3. The summed E-state index contributed by atoms with van der Waals surface area (Å²) >= 11 is 1.69. The number of allylic oxidation sites excluding steroid dienone is 1. The van der Waals surface area contributed by atoms with Gasteiger partial charge in [-0.05, 0) is 30.1 Å². The third-order valence-electron chi connectivity index (χ3n) is 7.08. The van der Waals surface area contributed by atoms with Crippen LogP contribution in [-0.4, -0.2) is 45.5 Å². The maximum atomic E-state index is 13.2. The van der Waals surface area contributed by atoms with Crippen LogP contribution < -0.4 is 11.1 Å². The zero-order valence-corrected chi connectivity index (χ0v) is 14.2. The number of thioether (sulfide) groups is 1. The molecule has 0 amide bonds. The van der Waals surface area contributed by atoms with Gasteiger partial charge in [-0.1, -0.05) is 0 Å². The van der Waals surface area contributed by atoms with Crippen molar-refractivity contribution in [1.82, 2.24) is 15.2 Å². The Kier molecular flexibility index (Phi) is 2.03. The minimum absolute atomic E-state index is 0.00213. The van der Waals surface area contributed by atoms with Crippen LogP contribution in [0.15, 0.2) is 28.4 Å².